The highest BCUT2D eigenvalue weighted by Gasteiger charge is 2.27. The average molecular weight is 157 g/mol. The number of hydrogen-bond acceptors (Lipinski definition) is 2. The second kappa shape index (κ2) is 3.55. The average Bonchev–Trinajstić information content (AvgIpc) is 1.94. The normalized spacial score (nSPS) is 39.5. The van der Waals surface area contributed by atoms with Crippen LogP contribution in [0.3, 0.4) is 0 Å². The van der Waals surface area contributed by atoms with Crippen LogP contribution in [0.25, 0.3) is 0 Å². The van der Waals surface area contributed by atoms with Gasteiger partial charge in [0.1, 0.15) is 0 Å². The Morgan fingerprint density at radius 3 is 2.36 bits per heavy atom. The van der Waals surface area contributed by atoms with Gasteiger partial charge >= 0.3 is 0 Å². The van der Waals surface area contributed by atoms with E-state index in [4.69, 9.17) is 0 Å². The fourth-order valence-electron chi connectivity index (χ4n) is 2.00. The first-order valence-corrected chi connectivity index (χ1v) is 4.45. The summed E-state index contributed by atoms with van der Waals surface area (Å²) in [5, 5.41) is 9.42. The van der Waals surface area contributed by atoms with Crippen LogP contribution in [-0.2, 0) is 0 Å². The molecule has 1 fully saturated rings. The third-order valence-electron chi connectivity index (χ3n) is 2.79. The molecule has 11 heavy (non-hydrogen) atoms. The third-order valence-corrected chi connectivity index (χ3v) is 2.79. The summed E-state index contributed by atoms with van der Waals surface area (Å²) in [5.41, 5.74) is 0. The van der Waals surface area contributed by atoms with Crippen molar-refractivity contribution in [1.82, 2.24) is 4.90 Å². The van der Waals surface area contributed by atoms with Crippen LogP contribution in [0.1, 0.15) is 26.2 Å². The summed E-state index contributed by atoms with van der Waals surface area (Å²) in [4.78, 5) is 2.23. The van der Waals surface area contributed by atoms with Crippen LogP contribution in [0, 0.1) is 5.92 Å². The Morgan fingerprint density at radius 2 is 1.91 bits per heavy atom. The van der Waals surface area contributed by atoms with Crippen LogP contribution in [0.15, 0.2) is 0 Å². The fraction of sp³-hybridized carbons (Fsp3) is 1.00. The summed E-state index contributed by atoms with van der Waals surface area (Å²) in [7, 11) is 4.19. The van der Waals surface area contributed by atoms with Gasteiger partial charge in [0.2, 0.25) is 0 Å². The molecule has 1 saturated carbocycles. The Balaban J connectivity index is 2.47. The van der Waals surface area contributed by atoms with Gasteiger partial charge in [-0.15, -0.1) is 0 Å². The van der Waals surface area contributed by atoms with E-state index in [0.717, 1.165) is 18.8 Å². The SMILES string of the molecule is CC1CCC(O)CC1N(C)C. The van der Waals surface area contributed by atoms with E-state index < -0.39 is 0 Å². The van der Waals surface area contributed by atoms with E-state index in [1.54, 1.807) is 0 Å². The van der Waals surface area contributed by atoms with Crippen molar-refractivity contribution in [3.63, 3.8) is 0 Å². The second-order valence-corrected chi connectivity index (χ2v) is 3.98. The molecule has 0 amide bonds. The zero-order valence-corrected chi connectivity index (χ0v) is 7.75. The van der Waals surface area contributed by atoms with Crippen molar-refractivity contribution in [3.05, 3.63) is 0 Å². The minimum absolute atomic E-state index is 0.0569. The molecule has 0 aliphatic heterocycles. The molecule has 0 aromatic carbocycles. The van der Waals surface area contributed by atoms with Crippen LogP contribution >= 0.6 is 0 Å². The molecule has 1 aliphatic rings. The fourth-order valence-corrected chi connectivity index (χ4v) is 2.00. The van der Waals surface area contributed by atoms with E-state index in [0.29, 0.717) is 6.04 Å². The molecular weight excluding hydrogens is 138 g/mol. The highest BCUT2D eigenvalue weighted by atomic mass is 16.3. The molecule has 0 aromatic heterocycles. The van der Waals surface area contributed by atoms with Crippen LogP contribution in [0.5, 0.6) is 0 Å². The molecule has 1 N–H and O–H groups in total. The molecule has 1 aliphatic carbocycles. The molecule has 2 nitrogen and oxygen atoms in total. The van der Waals surface area contributed by atoms with Gasteiger partial charge in [0.25, 0.3) is 0 Å². The van der Waals surface area contributed by atoms with Gasteiger partial charge < -0.3 is 10.0 Å². The van der Waals surface area contributed by atoms with Gasteiger partial charge in [0.15, 0.2) is 0 Å². The zero-order chi connectivity index (χ0) is 8.43. The second-order valence-electron chi connectivity index (χ2n) is 3.98. The van der Waals surface area contributed by atoms with Crippen molar-refractivity contribution in [2.75, 3.05) is 14.1 Å². The Morgan fingerprint density at radius 1 is 1.27 bits per heavy atom. The van der Waals surface area contributed by atoms with Gasteiger partial charge in [-0.05, 0) is 39.3 Å². The molecule has 0 heterocycles. The minimum atomic E-state index is -0.0569. The summed E-state index contributed by atoms with van der Waals surface area (Å²) in [6.07, 6.45) is 3.06. The maximum Gasteiger partial charge on any atom is 0.0555 e. The summed E-state index contributed by atoms with van der Waals surface area (Å²) in [6.45, 7) is 2.27. The largest absolute Gasteiger partial charge is 0.393 e. The van der Waals surface area contributed by atoms with Crippen LogP contribution in [-0.4, -0.2) is 36.2 Å². The Bertz CT molecular complexity index is 125. The smallest absolute Gasteiger partial charge is 0.0555 e. The van der Waals surface area contributed by atoms with Gasteiger partial charge in [0.05, 0.1) is 6.10 Å². The first-order valence-electron chi connectivity index (χ1n) is 4.45. The summed E-state index contributed by atoms with van der Waals surface area (Å²) in [5.74, 6) is 0.744. The predicted molar refractivity (Wildman–Crippen MR) is 46.5 cm³/mol. The lowest BCUT2D eigenvalue weighted by molar-refractivity contribution is 0.0531. The molecule has 0 aromatic rings. The molecular formula is C9H19NO. The summed E-state index contributed by atoms with van der Waals surface area (Å²) in [6, 6.07) is 0.582. The van der Waals surface area contributed by atoms with Crippen LogP contribution in [0.4, 0.5) is 0 Å². The van der Waals surface area contributed by atoms with Crippen molar-refractivity contribution in [3.8, 4) is 0 Å². The number of rotatable bonds is 1. The summed E-state index contributed by atoms with van der Waals surface area (Å²) >= 11 is 0. The van der Waals surface area contributed by atoms with Crippen LogP contribution < -0.4 is 0 Å². The van der Waals surface area contributed by atoms with Crippen molar-refractivity contribution >= 4 is 0 Å². The number of aliphatic hydroxyl groups excluding tert-OH is 1. The Hall–Kier alpha value is -0.0800. The van der Waals surface area contributed by atoms with Gasteiger partial charge in [-0.2, -0.15) is 0 Å². The zero-order valence-electron chi connectivity index (χ0n) is 7.75. The monoisotopic (exact) mass is 157 g/mol. The number of aliphatic hydroxyl groups is 1. The molecule has 66 valence electrons. The molecule has 0 saturated heterocycles. The molecule has 0 radical (unpaired) electrons. The van der Waals surface area contributed by atoms with E-state index in [2.05, 4.69) is 25.9 Å². The van der Waals surface area contributed by atoms with Gasteiger partial charge in [-0.25, -0.2) is 0 Å². The van der Waals surface area contributed by atoms with E-state index in [-0.39, 0.29) is 6.10 Å². The first kappa shape index (κ1) is 9.01. The van der Waals surface area contributed by atoms with Gasteiger partial charge in [0, 0.05) is 6.04 Å². The maximum atomic E-state index is 9.42. The Labute approximate surface area is 69.2 Å². The quantitative estimate of drug-likeness (QED) is 0.616. The lowest BCUT2D eigenvalue weighted by Gasteiger charge is -2.36. The van der Waals surface area contributed by atoms with Crippen molar-refractivity contribution in [1.29, 1.82) is 0 Å². The number of nitrogens with zero attached hydrogens (tertiary/aromatic N) is 1. The third kappa shape index (κ3) is 2.17. The van der Waals surface area contributed by atoms with Gasteiger partial charge in [-0.3, -0.25) is 0 Å². The number of hydrogen-bond donors (Lipinski definition) is 1. The van der Waals surface area contributed by atoms with Crippen molar-refractivity contribution < 1.29 is 5.11 Å². The molecule has 3 unspecified atom stereocenters. The first-order chi connectivity index (χ1) is 5.11. The highest BCUT2D eigenvalue weighted by molar-refractivity contribution is 4.82. The summed E-state index contributed by atoms with van der Waals surface area (Å²) < 4.78 is 0. The standard InChI is InChI=1S/C9H19NO/c1-7-4-5-8(11)6-9(7)10(2)3/h7-9,11H,4-6H2,1-3H3. The highest BCUT2D eigenvalue weighted by Crippen LogP contribution is 2.26. The minimum Gasteiger partial charge on any atom is -0.393 e. The maximum absolute atomic E-state index is 9.42. The van der Waals surface area contributed by atoms with E-state index >= 15 is 0 Å². The Kier molecular flexibility index (Phi) is 2.90. The molecule has 3 atom stereocenters. The molecule has 1 rings (SSSR count). The van der Waals surface area contributed by atoms with Gasteiger partial charge in [-0.1, -0.05) is 6.92 Å². The lowest BCUT2D eigenvalue weighted by Crippen LogP contribution is -2.40. The molecule has 2 heteroatoms. The molecule has 0 bridgehead atoms. The lowest BCUT2D eigenvalue weighted by atomic mass is 9.84. The van der Waals surface area contributed by atoms with Crippen molar-refractivity contribution in [2.45, 2.75) is 38.3 Å². The van der Waals surface area contributed by atoms with E-state index in [1.165, 1.54) is 6.42 Å². The van der Waals surface area contributed by atoms with Crippen molar-refractivity contribution in [2.24, 2.45) is 5.92 Å². The van der Waals surface area contributed by atoms with E-state index in [9.17, 15) is 5.11 Å². The predicted octanol–water partition coefficient (Wildman–Crippen LogP) is 1.10. The van der Waals surface area contributed by atoms with Crippen LogP contribution in [0.2, 0.25) is 0 Å². The van der Waals surface area contributed by atoms with E-state index in [1.807, 2.05) is 0 Å². The topological polar surface area (TPSA) is 23.5 Å². The molecule has 0 spiro atoms.